The van der Waals surface area contributed by atoms with Gasteiger partial charge in [0.1, 0.15) is 13.2 Å². The number of unbranched alkanes of at least 4 members (excludes halogenated alkanes) is 27. The highest BCUT2D eigenvalue weighted by molar-refractivity contribution is 5.70. The lowest BCUT2D eigenvalue weighted by molar-refractivity contribution is -0.870. The fraction of sp³-hybridized carbons (Fsp3) is 0.708. The molecule has 2 unspecified atom stereocenters. The smallest absolute Gasteiger partial charge is 0.306 e. The van der Waals surface area contributed by atoms with E-state index >= 15 is 0 Å². The van der Waals surface area contributed by atoms with Gasteiger partial charge in [0.2, 0.25) is 0 Å². The van der Waals surface area contributed by atoms with E-state index in [1.807, 2.05) is 21.1 Å². The number of nitrogens with zero attached hydrogens (tertiary/aromatic N) is 1. The van der Waals surface area contributed by atoms with Gasteiger partial charge in [0, 0.05) is 12.8 Å². The van der Waals surface area contributed by atoms with Crippen LogP contribution in [0.15, 0.2) is 109 Å². The second kappa shape index (κ2) is 62.0. The highest BCUT2D eigenvalue weighted by Gasteiger charge is 2.22. The molecule has 0 N–H and O–H groups in total. The molecule has 0 aromatic carbocycles. The lowest BCUT2D eigenvalue weighted by atomic mass is 10.0. The van der Waals surface area contributed by atoms with Crippen molar-refractivity contribution in [3.8, 4) is 0 Å². The minimum Gasteiger partial charge on any atom is -0.545 e. The molecule has 464 valence electrons. The molecule has 0 fully saturated rings. The van der Waals surface area contributed by atoms with Crippen LogP contribution in [0.5, 0.6) is 0 Å². The van der Waals surface area contributed by atoms with E-state index in [1.54, 1.807) is 0 Å². The van der Waals surface area contributed by atoms with E-state index in [-0.39, 0.29) is 38.6 Å². The summed E-state index contributed by atoms with van der Waals surface area (Å²) in [6.45, 7) is 4.63. The molecule has 2 atom stereocenters. The lowest BCUT2D eigenvalue weighted by Crippen LogP contribution is -2.44. The van der Waals surface area contributed by atoms with Crippen LogP contribution in [0.1, 0.15) is 271 Å². The van der Waals surface area contributed by atoms with Gasteiger partial charge in [0.15, 0.2) is 12.4 Å². The van der Waals surface area contributed by atoms with Crippen molar-refractivity contribution in [3.63, 3.8) is 0 Å². The Balaban J connectivity index is 4.21. The molecule has 9 heteroatoms. The van der Waals surface area contributed by atoms with E-state index in [4.69, 9.17) is 18.9 Å². The Morgan fingerprint density at radius 1 is 0.383 bits per heavy atom. The summed E-state index contributed by atoms with van der Waals surface area (Å²) in [6, 6.07) is 0. The molecule has 81 heavy (non-hydrogen) atoms. The molecule has 0 spiro atoms. The predicted molar refractivity (Wildman–Crippen MR) is 343 cm³/mol. The summed E-state index contributed by atoms with van der Waals surface area (Å²) in [7, 11) is 5.92. The van der Waals surface area contributed by atoms with E-state index < -0.39 is 24.3 Å². The summed E-state index contributed by atoms with van der Waals surface area (Å²) in [5, 5.41) is 11.8. The van der Waals surface area contributed by atoms with Crippen LogP contribution in [-0.4, -0.2) is 82.3 Å². The molecule has 0 radical (unpaired) electrons. The second-order valence-corrected chi connectivity index (χ2v) is 23.0. The van der Waals surface area contributed by atoms with Crippen molar-refractivity contribution in [1.29, 1.82) is 0 Å². The number of carbonyl (C=O) groups excluding carboxylic acids is 3. The summed E-state index contributed by atoms with van der Waals surface area (Å²) < 4.78 is 22.8. The third-order valence-electron chi connectivity index (χ3n) is 14.0. The fourth-order valence-corrected chi connectivity index (χ4v) is 8.96. The van der Waals surface area contributed by atoms with Crippen LogP contribution in [0.2, 0.25) is 0 Å². The monoisotopic (exact) mass is 1130 g/mol. The van der Waals surface area contributed by atoms with Crippen molar-refractivity contribution in [2.24, 2.45) is 0 Å². The Morgan fingerprint density at radius 3 is 1.05 bits per heavy atom. The molecule has 0 aliphatic heterocycles. The maximum atomic E-state index is 12.9. The summed E-state index contributed by atoms with van der Waals surface area (Å²) in [5.41, 5.74) is 0. The first-order valence-corrected chi connectivity index (χ1v) is 33.0. The molecule has 0 saturated heterocycles. The van der Waals surface area contributed by atoms with Crippen LogP contribution in [-0.2, 0) is 33.3 Å². The van der Waals surface area contributed by atoms with Crippen molar-refractivity contribution in [3.05, 3.63) is 109 Å². The molecule has 9 nitrogen and oxygen atoms in total. The molecule has 0 aliphatic carbocycles. The van der Waals surface area contributed by atoms with Crippen molar-refractivity contribution >= 4 is 17.9 Å². The zero-order valence-electron chi connectivity index (χ0n) is 52.9. The fourth-order valence-electron chi connectivity index (χ4n) is 8.96. The highest BCUT2D eigenvalue weighted by atomic mass is 16.7. The number of carboxylic acid groups (broad SMARTS) is 1. The average Bonchev–Trinajstić information content (AvgIpc) is 3.44. The van der Waals surface area contributed by atoms with Gasteiger partial charge in [0.05, 0.1) is 40.3 Å². The van der Waals surface area contributed by atoms with Gasteiger partial charge in [-0.05, 0) is 103 Å². The van der Waals surface area contributed by atoms with Crippen molar-refractivity contribution in [2.45, 2.75) is 283 Å². The Kier molecular flexibility index (Phi) is 58.9. The minimum atomic E-state index is -1.63. The van der Waals surface area contributed by atoms with Gasteiger partial charge in [-0.15, -0.1) is 0 Å². The van der Waals surface area contributed by atoms with Gasteiger partial charge in [-0.2, -0.15) is 0 Å². The van der Waals surface area contributed by atoms with Crippen LogP contribution in [0, 0.1) is 0 Å². The standard InChI is InChI=1S/C72H123NO8/c1-6-8-10-12-14-16-18-20-22-24-26-28-30-32-33-34-35-36-37-39-41-43-45-47-49-51-53-55-57-59-61-63-70(75)81-68(67-80-72(71(76)77)78-65-64-73(3,4)5)66-79-69(74)62-60-58-56-54-52-50-48-46-44-42-40-38-31-29-27-25-23-21-19-17-15-13-11-9-7-2/h8,10,14,16,19-22,25-28,32-33,35-36,39,41,68,72H,6-7,9,11-13,15,17-18,23-24,29-31,34,37-38,40,42-67H2,1-5H3/b10-8-,16-14-,21-19-,22-20-,27-25-,28-26-,33-32-,36-35-,41-39-. The predicted octanol–water partition coefficient (Wildman–Crippen LogP) is 18.9. The minimum absolute atomic E-state index is 0.142. The van der Waals surface area contributed by atoms with Gasteiger partial charge < -0.3 is 33.3 Å². The zero-order chi connectivity index (χ0) is 59.1. The number of carbonyl (C=O) groups is 3. The normalized spacial score (nSPS) is 13.4. The third-order valence-corrected chi connectivity index (χ3v) is 14.0. The largest absolute Gasteiger partial charge is 0.545 e. The maximum Gasteiger partial charge on any atom is 0.306 e. The van der Waals surface area contributed by atoms with Crippen LogP contribution in [0.25, 0.3) is 0 Å². The summed E-state index contributed by atoms with van der Waals surface area (Å²) in [5.74, 6) is -2.29. The van der Waals surface area contributed by atoms with E-state index in [0.717, 1.165) is 96.3 Å². The summed E-state index contributed by atoms with van der Waals surface area (Å²) in [6.07, 6.45) is 82.9. The van der Waals surface area contributed by atoms with Crippen LogP contribution in [0.4, 0.5) is 0 Å². The first-order chi connectivity index (χ1) is 39.6. The summed E-state index contributed by atoms with van der Waals surface area (Å²) in [4.78, 5) is 37.4. The Hall–Kier alpha value is -4.05. The molecule has 0 aromatic rings. The van der Waals surface area contributed by atoms with Crippen LogP contribution < -0.4 is 5.11 Å². The average molecular weight is 1130 g/mol. The number of quaternary nitrogens is 1. The quantitative estimate of drug-likeness (QED) is 0.0195. The summed E-state index contributed by atoms with van der Waals surface area (Å²) >= 11 is 0. The van der Waals surface area contributed by atoms with Crippen molar-refractivity contribution in [2.75, 3.05) is 47.5 Å². The van der Waals surface area contributed by atoms with E-state index in [1.165, 1.54) is 141 Å². The van der Waals surface area contributed by atoms with Crippen molar-refractivity contribution < 1.29 is 42.9 Å². The van der Waals surface area contributed by atoms with E-state index in [0.29, 0.717) is 17.4 Å². The van der Waals surface area contributed by atoms with Crippen molar-refractivity contribution in [1.82, 2.24) is 0 Å². The molecule has 0 heterocycles. The molecule has 0 amide bonds. The number of aliphatic carboxylic acids is 1. The Bertz CT molecular complexity index is 1700. The molecule has 0 bridgehead atoms. The number of allylic oxidation sites excluding steroid dienone is 18. The molecular weight excluding hydrogens is 1010 g/mol. The molecule has 0 aliphatic rings. The van der Waals surface area contributed by atoms with Gasteiger partial charge in [-0.3, -0.25) is 9.59 Å². The Morgan fingerprint density at radius 2 is 0.704 bits per heavy atom. The molecule has 0 saturated carbocycles. The topological polar surface area (TPSA) is 111 Å². The number of carboxylic acids is 1. The van der Waals surface area contributed by atoms with Gasteiger partial charge in [-0.1, -0.05) is 264 Å². The zero-order valence-corrected chi connectivity index (χ0v) is 52.9. The van der Waals surface area contributed by atoms with E-state index in [2.05, 4.69) is 123 Å². The third kappa shape index (κ3) is 63.4. The SMILES string of the molecule is CC/C=C\C/C=C\C/C=C\C/C=C\C/C=C\C/C=C\C/C=C\CCCCCCCCCCCC(=O)OC(COC(=O)CCCCCCCCCCCCCCC/C=C\C/C=C\CCCCCCC)COC(OCC[N+](C)(C)C)C(=O)[O-]. The van der Waals surface area contributed by atoms with Crippen LogP contribution in [0.3, 0.4) is 0 Å². The lowest BCUT2D eigenvalue weighted by Gasteiger charge is -2.26. The highest BCUT2D eigenvalue weighted by Crippen LogP contribution is 2.16. The number of rotatable bonds is 60. The molecule has 0 aromatic heterocycles. The first kappa shape index (κ1) is 77.0. The van der Waals surface area contributed by atoms with Crippen LogP contribution >= 0.6 is 0 Å². The number of hydrogen-bond acceptors (Lipinski definition) is 8. The molecule has 0 rings (SSSR count). The number of likely N-dealkylation sites (N-methyl/N-ethyl adjacent to an activating group) is 1. The number of esters is 2. The van der Waals surface area contributed by atoms with Gasteiger partial charge >= 0.3 is 11.9 Å². The second-order valence-electron chi connectivity index (χ2n) is 23.0. The Labute approximate surface area is 498 Å². The number of hydrogen-bond donors (Lipinski definition) is 0. The first-order valence-electron chi connectivity index (χ1n) is 33.0. The van der Waals surface area contributed by atoms with Gasteiger partial charge in [-0.25, -0.2) is 0 Å². The number of ether oxygens (including phenoxy) is 4. The van der Waals surface area contributed by atoms with Gasteiger partial charge in [0.25, 0.3) is 0 Å². The van der Waals surface area contributed by atoms with E-state index in [9.17, 15) is 19.5 Å². The maximum absolute atomic E-state index is 12.9. The molecular formula is C72H123NO8.